The summed E-state index contributed by atoms with van der Waals surface area (Å²) in [6.45, 7) is 5.23. The van der Waals surface area contributed by atoms with Gasteiger partial charge in [0.2, 0.25) is 5.91 Å². The molecule has 0 spiro atoms. The SMILES string of the molecule is O=C(CC(F)(F)F)N1CCN(Cc2ccnc(Cc3nc4ccc(-c5cc(N6CCOCC6)ncn5)cc4[nH]3)c2)CC1. The number of anilines is 1. The van der Waals surface area contributed by atoms with Crippen LogP contribution in [0, 0.1) is 0 Å². The van der Waals surface area contributed by atoms with Crippen molar-refractivity contribution in [3.8, 4) is 11.3 Å². The second-order valence-electron chi connectivity index (χ2n) is 10.6. The number of piperazine rings is 1. The van der Waals surface area contributed by atoms with Crippen LogP contribution in [0.15, 0.2) is 48.9 Å². The number of halogens is 3. The van der Waals surface area contributed by atoms with Gasteiger partial charge in [-0.1, -0.05) is 6.07 Å². The van der Waals surface area contributed by atoms with Gasteiger partial charge >= 0.3 is 6.18 Å². The fourth-order valence-corrected chi connectivity index (χ4v) is 5.37. The van der Waals surface area contributed by atoms with Gasteiger partial charge < -0.3 is 19.5 Å². The first-order valence-electron chi connectivity index (χ1n) is 13.9. The van der Waals surface area contributed by atoms with Gasteiger partial charge in [-0.2, -0.15) is 13.2 Å². The quantitative estimate of drug-likeness (QED) is 0.355. The molecule has 2 saturated heterocycles. The van der Waals surface area contributed by atoms with Crippen molar-refractivity contribution in [1.82, 2.24) is 34.7 Å². The van der Waals surface area contributed by atoms with Crippen LogP contribution >= 0.6 is 0 Å². The molecule has 0 bridgehead atoms. The van der Waals surface area contributed by atoms with Gasteiger partial charge in [0.25, 0.3) is 0 Å². The van der Waals surface area contributed by atoms with Crippen molar-refractivity contribution in [1.29, 1.82) is 0 Å². The topological polar surface area (TPSA) is 103 Å². The summed E-state index contributed by atoms with van der Waals surface area (Å²) in [5.74, 6) is 0.817. The summed E-state index contributed by atoms with van der Waals surface area (Å²) in [5, 5.41) is 0. The molecule has 2 aliphatic rings. The molecule has 0 atom stereocenters. The highest BCUT2D eigenvalue weighted by Crippen LogP contribution is 2.25. The number of aromatic nitrogens is 5. The van der Waals surface area contributed by atoms with E-state index in [1.165, 1.54) is 4.90 Å². The first-order valence-corrected chi connectivity index (χ1v) is 13.9. The number of rotatable bonds is 7. The Morgan fingerprint density at radius 3 is 2.55 bits per heavy atom. The third kappa shape index (κ3) is 6.85. The molecule has 220 valence electrons. The molecule has 13 heteroatoms. The maximum Gasteiger partial charge on any atom is 0.397 e. The minimum absolute atomic E-state index is 0.289. The van der Waals surface area contributed by atoms with E-state index in [0.29, 0.717) is 39.3 Å². The number of alkyl halides is 3. The lowest BCUT2D eigenvalue weighted by Crippen LogP contribution is -2.49. The summed E-state index contributed by atoms with van der Waals surface area (Å²) in [4.78, 5) is 39.1. The zero-order valence-electron chi connectivity index (χ0n) is 23.0. The van der Waals surface area contributed by atoms with Crippen LogP contribution in [-0.2, 0) is 22.5 Å². The summed E-state index contributed by atoms with van der Waals surface area (Å²) in [6.07, 6.45) is -2.01. The Bertz CT molecular complexity index is 1550. The molecule has 0 radical (unpaired) electrons. The van der Waals surface area contributed by atoms with Crippen molar-refractivity contribution in [2.45, 2.75) is 25.6 Å². The van der Waals surface area contributed by atoms with Crippen LogP contribution < -0.4 is 4.90 Å². The molecule has 5 heterocycles. The number of pyridine rings is 1. The number of nitrogens with one attached hydrogen (secondary N) is 1. The average molecular weight is 581 g/mol. The van der Waals surface area contributed by atoms with Crippen molar-refractivity contribution in [3.63, 3.8) is 0 Å². The highest BCUT2D eigenvalue weighted by Gasteiger charge is 2.34. The van der Waals surface area contributed by atoms with Crippen LogP contribution in [0.1, 0.15) is 23.5 Å². The minimum atomic E-state index is -4.48. The Kier molecular flexibility index (Phi) is 8.02. The number of nitrogens with zero attached hydrogens (tertiary/aromatic N) is 7. The van der Waals surface area contributed by atoms with Gasteiger partial charge in [-0.15, -0.1) is 0 Å². The number of H-pyrrole nitrogens is 1. The minimum Gasteiger partial charge on any atom is -0.378 e. The summed E-state index contributed by atoms with van der Waals surface area (Å²) in [5.41, 5.74) is 5.47. The van der Waals surface area contributed by atoms with Crippen molar-refractivity contribution in [2.24, 2.45) is 0 Å². The van der Waals surface area contributed by atoms with Gasteiger partial charge in [0.15, 0.2) is 0 Å². The number of morpholine rings is 1. The predicted octanol–water partition coefficient (Wildman–Crippen LogP) is 3.44. The highest BCUT2D eigenvalue weighted by molar-refractivity contribution is 5.81. The Morgan fingerprint density at radius 2 is 1.76 bits per heavy atom. The fourth-order valence-electron chi connectivity index (χ4n) is 5.37. The summed E-state index contributed by atoms with van der Waals surface area (Å²) in [6, 6.07) is 12.0. The summed E-state index contributed by atoms with van der Waals surface area (Å²) >= 11 is 0. The molecular weight excluding hydrogens is 549 g/mol. The molecule has 2 aliphatic heterocycles. The summed E-state index contributed by atoms with van der Waals surface area (Å²) in [7, 11) is 0. The molecular formula is C29H31F3N8O2. The Labute approximate surface area is 240 Å². The molecule has 10 nitrogen and oxygen atoms in total. The van der Waals surface area contributed by atoms with Crippen molar-refractivity contribution in [2.75, 3.05) is 57.4 Å². The van der Waals surface area contributed by atoms with Crippen LogP contribution in [-0.4, -0.2) is 99.3 Å². The van der Waals surface area contributed by atoms with Gasteiger partial charge in [-0.25, -0.2) is 15.0 Å². The number of hydrogen-bond donors (Lipinski definition) is 1. The highest BCUT2D eigenvalue weighted by atomic mass is 19.4. The van der Waals surface area contributed by atoms with Crippen LogP contribution in [0.5, 0.6) is 0 Å². The third-order valence-electron chi connectivity index (χ3n) is 7.53. The van der Waals surface area contributed by atoms with E-state index >= 15 is 0 Å². The predicted molar refractivity (Wildman–Crippen MR) is 150 cm³/mol. The smallest absolute Gasteiger partial charge is 0.378 e. The molecule has 1 aromatic carbocycles. The Morgan fingerprint density at radius 1 is 0.952 bits per heavy atom. The zero-order chi connectivity index (χ0) is 29.1. The molecule has 42 heavy (non-hydrogen) atoms. The van der Waals surface area contributed by atoms with E-state index in [0.717, 1.165) is 58.3 Å². The van der Waals surface area contributed by atoms with Crippen molar-refractivity contribution < 1.29 is 22.7 Å². The normalized spacial score (nSPS) is 16.7. The van der Waals surface area contributed by atoms with Crippen molar-refractivity contribution >= 4 is 22.8 Å². The second-order valence-corrected chi connectivity index (χ2v) is 10.6. The van der Waals surface area contributed by atoms with E-state index in [2.05, 4.69) is 29.7 Å². The van der Waals surface area contributed by atoms with Gasteiger partial charge in [0.1, 0.15) is 24.4 Å². The molecule has 6 rings (SSSR count). The lowest BCUT2D eigenvalue weighted by atomic mass is 10.1. The number of aromatic amines is 1. The molecule has 4 aromatic rings. The molecule has 0 saturated carbocycles. The Hall–Kier alpha value is -4.10. The Balaban J connectivity index is 1.09. The van der Waals surface area contributed by atoms with E-state index < -0.39 is 18.5 Å². The molecule has 2 fully saturated rings. The number of benzene rings is 1. The molecule has 3 aromatic heterocycles. The van der Waals surface area contributed by atoms with Crippen LogP contribution in [0.2, 0.25) is 0 Å². The number of hydrogen-bond acceptors (Lipinski definition) is 8. The van der Waals surface area contributed by atoms with E-state index in [9.17, 15) is 18.0 Å². The number of imidazole rings is 1. The second kappa shape index (κ2) is 12.0. The van der Waals surface area contributed by atoms with E-state index in [1.54, 1.807) is 12.5 Å². The monoisotopic (exact) mass is 580 g/mol. The van der Waals surface area contributed by atoms with Crippen LogP contribution in [0.3, 0.4) is 0 Å². The number of carbonyl (C=O) groups is 1. The first-order chi connectivity index (χ1) is 20.3. The first kappa shape index (κ1) is 28.0. The lowest BCUT2D eigenvalue weighted by Gasteiger charge is -2.35. The van der Waals surface area contributed by atoms with Gasteiger partial charge in [-0.05, 0) is 29.8 Å². The summed E-state index contributed by atoms with van der Waals surface area (Å²) < 4.78 is 43.1. The van der Waals surface area contributed by atoms with E-state index in [1.807, 2.05) is 36.4 Å². The lowest BCUT2D eigenvalue weighted by molar-refractivity contribution is -0.162. The van der Waals surface area contributed by atoms with Gasteiger partial charge in [0, 0.05) is 75.8 Å². The van der Waals surface area contributed by atoms with E-state index in [-0.39, 0.29) is 13.1 Å². The van der Waals surface area contributed by atoms with Gasteiger partial charge in [0.05, 0.1) is 29.9 Å². The largest absolute Gasteiger partial charge is 0.397 e. The number of fused-ring (bicyclic) bond motifs is 1. The van der Waals surface area contributed by atoms with Crippen LogP contribution in [0.4, 0.5) is 19.0 Å². The molecule has 1 amide bonds. The molecule has 0 unspecified atom stereocenters. The number of ether oxygens (including phenoxy) is 1. The van der Waals surface area contributed by atoms with Crippen molar-refractivity contribution in [3.05, 3.63) is 66.0 Å². The number of carbonyl (C=O) groups excluding carboxylic acids is 1. The molecule has 0 aliphatic carbocycles. The zero-order valence-corrected chi connectivity index (χ0v) is 23.0. The third-order valence-corrected chi connectivity index (χ3v) is 7.53. The van der Waals surface area contributed by atoms with Crippen LogP contribution in [0.25, 0.3) is 22.3 Å². The van der Waals surface area contributed by atoms with E-state index in [4.69, 9.17) is 9.72 Å². The number of amides is 1. The maximum atomic E-state index is 12.6. The maximum absolute atomic E-state index is 12.6. The average Bonchev–Trinajstić information content (AvgIpc) is 3.39. The molecule has 1 N–H and O–H groups in total. The fraction of sp³-hybridized carbons (Fsp3) is 0.414. The standard InChI is InChI=1S/C29H31F3N8O2/c30-29(31,32)17-28(41)40-7-5-38(6-8-40)18-20-3-4-33-22(13-20)15-26-36-23-2-1-21(14-25(23)37-26)24-16-27(35-19-34-24)39-9-11-42-12-10-39/h1-4,13-14,16,19H,5-12,15,17-18H2,(H,36,37). The van der Waals surface area contributed by atoms with Gasteiger partial charge in [-0.3, -0.25) is 14.7 Å².